The van der Waals surface area contributed by atoms with Gasteiger partial charge in [0.25, 0.3) is 11.5 Å². The molecule has 0 aliphatic carbocycles. The summed E-state index contributed by atoms with van der Waals surface area (Å²) in [6, 6.07) is 20.9. The predicted molar refractivity (Wildman–Crippen MR) is 138 cm³/mol. The number of rotatable bonds is 6. The molecule has 2 aromatic carbocycles. The second kappa shape index (κ2) is 10.1. The maximum Gasteiger partial charge on any atom is 0.273 e. The Labute approximate surface area is 207 Å². The van der Waals surface area contributed by atoms with Gasteiger partial charge in [0.05, 0.1) is 28.6 Å². The van der Waals surface area contributed by atoms with Crippen molar-refractivity contribution in [3.05, 3.63) is 92.6 Å². The lowest BCUT2D eigenvalue weighted by molar-refractivity contribution is 0.0955. The Morgan fingerprint density at radius 1 is 1.06 bits per heavy atom. The molecule has 5 rings (SSSR count). The van der Waals surface area contributed by atoms with Crippen LogP contribution in [0, 0.1) is 11.3 Å². The van der Waals surface area contributed by atoms with Gasteiger partial charge in [0.2, 0.25) is 5.95 Å². The summed E-state index contributed by atoms with van der Waals surface area (Å²) >= 11 is 1.17. The SMILES string of the molecule is N#Cc1ccccc1Cn1c(N2CCCCC2)nc2cc(C(=O)NCc3ccccc3)sc2c1=O. The number of aromatic nitrogens is 2. The van der Waals surface area contributed by atoms with Gasteiger partial charge >= 0.3 is 0 Å². The molecule has 3 heterocycles. The number of hydrogen-bond acceptors (Lipinski definition) is 6. The molecule has 1 aliphatic rings. The highest BCUT2D eigenvalue weighted by molar-refractivity contribution is 7.20. The summed E-state index contributed by atoms with van der Waals surface area (Å²) in [7, 11) is 0. The second-order valence-corrected chi connectivity index (χ2v) is 9.67. The minimum atomic E-state index is -0.225. The van der Waals surface area contributed by atoms with Crippen molar-refractivity contribution in [2.24, 2.45) is 0 Å². The molecule has 35 heavy (non-hydrogen) atoms. The first-order valence-electron chi connectivity index (χ1n) is 11.7. The molecule has 7 nitrogen and oxygen atoms in total. The summed E-state index contributed by atoms with van der Waals surface area (Å²) in [5.41, 5.74) is 2.67. The summed E-state index contributed by atoms with van der Waals surface area (Å²) in [5.74, 6) is 0.376. The number of nitriles is 1. The average Bonchev–Trinajstić information content (AvgIpc) is 3.35. The summed E-state index contributed by atoms with van der Waals surface area (Å²) in [4.78, 5) is 34.0. The first-order chi connectivity index (χ1) is 17.1. The van der Waals surface area contributed by atoms with E-state index in [2.05, 4.69) is 16.3 Å². The Hall–Kier alpha value is -3.96. The number of hydrogen-bond donors (Lipinski definition) is 1. The number of benzene rings is 2. The van der Waals surface area contributed by atoms with Crippen molar-refractivity contribution in [3.63, 3.8) is 0 Å². The summed E-state index contributed by atoms with van der Waals surface area (Å²) in [5, 5.41) is 12.5. The lowest BCUT2D eigenvalue weighted by Crippen LogP contribution is -2.36. The zero-order valence-corrected chi connectivity index (χ0v) is 20.1. The van der Waals surface area contributed by atoms with Crippen molar-refractivity contribution in [1.29, 1.82) is 5.26 Å². The maximum atomic E-state index is 13.7. The fourth-order valence-electron chi connectivity index (χ4n) is 4.39. The highest BCUT2D eigenvalue weighted by atomic mass is 32.1. The molecule has 2 aromatic heterocycles. The molecule has 0 unspecified atom stereocenters. The summed E-state index contributed by atoms with van der Waals surface area (Å²) in [6.45, 7) is 2.32. The second-order valence-electron chi connectivity index (χ2n) is 8.61. The van der Waals surface area contributed by atoms with Crippen LogP contribution in [0.3, 0.4) is 0 Å². The number of piperidine rings is 1. The standard InChI is InChI=1S/C27H25N5O2S/c28-16-20-11-5-6-12-21(20)18-32-26(34)24-22(30-27(32)31-13-7-2-8-14-31)15-23(35-24)25(33)29-17-19-9-3-1-4-10-19/h1,3-6,9-12,15H,2,7-8,13-14,17-18H2,(H,29,33). The highest BCUT2D eigenvalue weighted by Crippen LogP contribution is 2.26. The number of nitrogens with zero attached hydrogens (tertiary/aromatic N) is 4. The molecule has 0 spiro atoms. The van der Waals surface area contributed by atoms with Gasteiger partial charge in [0.1, 0.15) is 4.70 Å². The van der Waals surface area contributed by atoms with Crippen LogP contribution in [-0.4, -0.2) is 28.5 Å². The normalized spacial score (nSPS) is 13.5. The molecule has 0 atom stereocenters. The van der Waals surface area contributed by atoms with E-state index in [0.29, 0.717) is 33.2 Å². The minimum Gasteiger partial charge on any atom is -0.347 e. The van der Waals surface area contributed by atoms with Gasteiger partial charge in [-0.15, -0.1) is 11.3 Å². The van der Waals surface area contributed by atoms with Crippen LogP contribution in [0.15, 0.2) is 65.5 Å². The maximum absolute atomic E-state index is 13.7. The van der Waals surface area contributed by atoms with E-state index in [0.717, 1.165) is 43.5 Å². The van der Waals surface area contributed by atoms with E-state index >= 15 is 0 Å². The molecular weight excluding hydrogens is 458 g/mol. The molecule has 4 aromatic rings. The number of carbonyl (C=O) groups excluding carboxylic acids is 1. The monoisotopic (exact) mass is 483 g/mol. The molecule has 1 saturated heterocycles. The van der Waals surface area contributed by atoms with E-state index in [9.17, 15) is 14.9 Å². The van der Waals surface area contributed by atoms with Crippen molar-refractivity contribution >= 4 is 33.4 Å². The summed E-state index contributed by atoms with van der Waals surface area (Å²) < 4.78 is 2.11. The van der Waals surface area contributed by atoms with E-state index in [-0.39, 0.29) is 18.0 Å². The van der Waals surface area contributed by atoms with E-state index < -0.39 is 0 Å². The Kier molecular flexibility index (Phi) is 6.59. The third-order valence-electron chi connectivity index (χ3n) is 6.24. The first kappa shape index (κ1) is 22.8. The van der Waals surface area contributed by atoms with Gasteiger partial charge in [-0.1, -0.05) is 48.5 Å². The molecule has 1 amide bonds. The van der Waals surface area contributed by atoms with Crippen LogP contribution in [0.2, 0.25) is 0 Å². The molecule has 1 aliphatic heterocycles. The Morgan fingerprint density at radius 2 is 1.80 bits per heavy atom. The van der Waals surface area contributed by atoms with Crippen molar-refractivity contribution in [3.8, 4) is 6.07 Å². The fraction of sp³-hybridized carbons (Fsp3) is 0.259. The van der Waals surface area contributed by atoms with Crippen LogP contribution in [0.4, 0.5) is 5.95 Å². The Bertz CT molecular complexity index is 1460. The van der Waals surface area contributed by atoms with Crippen LogP contribution in [-0.2, 0) is 13.1 Å². The van der Waals surface area contributed by atoms with Crippen molar-refractivity contribution in [2.45, 2.75) is 32.4 Å². The van der Waals surface area contributed by atoms with Gasteiger partial charge < -0.3 is 10.2 Å². The number of thiophene rings is 1. The molecule has 0 saturated carbocycles. The zero-order valence-electron chi connectivity index (χ0n) is 19.2. The third kappa shape index (κ3) is 4.81. The van der Waals surface area contributed by atoms with E-state index in [4.69, 9.17) is 4.98 Å². The van der Waals surface area contributed by atoms with Crippen molar-refractivity contribution in [1.82, 2.24) is 14.9 Å². The number of amides is 1. The predicted octanol–water partition coefficient (Wildman–Crippen LogP) is 4.30. The topological polar surface area (TPSA) is 91.0 Å². The van der Waals surface area contributed by atoms with E-state index in [1.165, 1.54) is 11.3 Å². The molecule has 0 bridgehead atoms. The van der Waals surface area contributed by atoms with E-state index in [1.807, 2.05) is 48.5 Å². The van der Waals surface area contributed by atoms with Crippen LogP contribution < -0.4 is 15.8 Å². The zero-order chi connectivity index (χ0) is 24.2. The van der Waals surface area contributed by atoms with Crippen LogP contribution in [0.5, 0.6) is 0 Å². The highest BCUT2D eigenvalue weighted by Gasteiger charge is 2.22. The number of fused-ring (bicyclic) bond motifs is 1. The molecule has 0 radical (unpaired) electrons. The smallest absolute Gasteiger partial charge is 0.273 e. The molecule has 1 N–H and O–H groups in total. The summed E-state index contributed by atoms with van der Waals surface area (Å²) in [6.07, 6.45) is 3.24. The van der Waals surface area contributed by atoms with Gasteiger partial charge in [0.15, 0.2) is 0 Å². The lowest BCUT2D eigenvalue weighted by atomic mass is 10.1. The minimum absolute atomic E-state index is 0.185. The third-order valence-corrected chi connectivity index (χ3v) is 7.35. The Balaban J connectivity index is 1.53. The van der Waals surface area contributed by atoms with Gasteiger partial charge in [0, 0.05) is 19.6 Å². The molecule has 8 heteroatoms. The molecule has 176 valence electrons. The number of nitrogens with one attached hydrogen (secondary N) is 1. The van der Waals surface area contributed by atoms with Gasteiger partial charge in [-0.05, 0) is 42.5 Å². The largest absolute Gasteiger partial charge is 0.347 e. The molecular formula is C27H25N5O2S. The quantitative estimate of drug-likeness (QED) is 0.442. The fourth-order valence-corrected chi connectivity index (χ4v) is 5.35. The lowest BCUT2D eigenvalue weighted by Gasteiger charge is -2.29. The molecule has 1 fully saturated rings. The van der Waals surface area contributed by atoms with Gasteiger partial charge in [-0.25, -0.2) is 4.98 Å². The van der Waals surface area contributed by atoms with Crippen molar-refractivity contribution in [2.75, 3.05) is 18.0 Å². The average molecular weight is 484 g/mol. The van der Waals surface area contributed by atoms with Crippen molar-refractivity contribution < 1.29 is 4.79 Å². The van der Waals surface area contributed by atoms with Crippen LogP contribution in [0.1, 0.15) is 45.6 Å². The van der Waals surface area contributed by atoms with E-state index in [1.54, 1.807) is 16.7 Å². The Morgan fingerprint density at radius 3 is 2.57 bits per heavy atom. The van der Waals surface area contributed by atoms with Crippen LogP contribution in [0.25, 0.3) is 10.2 Å². The first-order valence-corrected chi connectivity index (χ1v) is 12.5. The van der Waals surface area contributed by atoms with Crippen LogP contribution >= 0.6 is 11.3 Å². The number of carbonyl (C=O) groups is 1. The number of anilines is 1. The van der Waals surface area contributed by atoms with Gasteiger partial charge in [-0.3, -0.25) is 14.2 Å². The van der Waals surface area contributed by atoms with Gasteiger partial charge in [-0.2, -0.15) is 5.26 Å².